The van der Waals surface area contributed by atoms with Crippen LogP contribution in [-0.4, -0.2) is 55.0 Å². The van der Waals surface area contributed by atoms with Gasteiger partial charge in [-0.1, -0.05) is 13.8 Å². The molecule has 0 aliphatic carbocycles. The number of hydrogen-bond acceptors (Lipinski definition) is 4. The number of phenols is 1. The molecule has 2 rings (SSSR count). The van der Waals surface area contributed by atoms with Gasteiger partial charge in [0.1, 0.15) is 5.75 Å². The van der Waals surface area contributed by atoms with E-state index in [-0.39, 0.29) is 10.6 Å². The molecule has 0 bridgehead atoms. The van der Waals surface area contributed by atoms with Gasteiger partial charge >= 0.3 is 0 Å². The minimum absolute atomic E-state index is 0.0754. The molecule has 5 nitrogen and oxygen atoms in total. The molecule has 0 radical (unpaired) electrons. The summed E-state index contributed by atoms with van der Waals surface area (Å²) in [5.74, 6) is 0.0754. The van der Waals surface area contributed by atoms with Gasteiger partial charge in [0.15, 0.2) is 0 Å². The molecule has 1 fully saturated rings. The number of benzene rings is 1. The van der Waals surface area contributed by atoms with Crippen molar-refractivity contribution in [1.29, 1.82) is 0 Å². The van der Waals surface area contributed by atoms with Crippen LogP contribution in [0.5, 0.6) is 5.75 Å². The third kappa shape index (κ3) is 2.97. The van der Waals surface area contributed by atoms with Crippen molar-refractivity contribution in [1.82, 2.24) is 9.21 Å². The Bertz CT molecular complexity index is 538. The lowest BCUT2D eigenvalue weighted by Gasteiger charge is -2.26. The average molecular weight is 298 g/mol. The Morgan fingerprint density at radius 3 is 2.40 bits per heavy atom. The maximum Gasteiger partial charge on any atom is 0.243 e. The lowest BCUT2D eigenvalue weighted by Crippen LogP contribution is -2.38. The van der Waals surface area contributed by atoms with Gasteiger partial charge in [-0.25, -0.2) is 8.42 Å². The summed E-state index contributed by atoms with van der Waals surface area (Å²) in [6.45, 7) is 7.18. The molecule has 0 amide bonds. The molecule has 20 heavy (non-hydrogen) atoms. The van der Waals surface area contributed by atoms with Gasteiger partial charge < -0.3 is 5.11 Å². The van der Waals surface area contributed by atoms with Crippen LogP contribution in [0.2, 0.25) is 0 Å². The van der Waals surface area contributed by atoms with E-state index in [2.05, 4.69) is 18.7 Å². The maximum absolute atomic E-state index is 12.5. The smallest absolute Gasteiger partial charge is 0.243 e. The van der Waals surface area contributed by atoms with Crippen LogP contribution < -0.4 is 0 Å². The first kappa shape index (κ1) is 15.3. The highest BCUT2D eigenvalue weighted by Crippen LogP contribution is 2.24. The first-order valence-electron chi connectivity index (χ1n) is 7.02. The van der Waals surface area contributed by atoms with E-state index >= 15 is 0 Å². The van der Waals surface area contributed by atoms with Crippen LogP contribution in [0.15, 0.2) is 29.2 Å². The number of nitrogens with zero attached hydrogens (tertiary/aromatic N) is 2. The topological polar surface area (TPSA) is 60.9 Å². The van der Waals surface area contributed by atoms with Crippen LogP contribution in [0, 0.1) is 0 Å². The second kappa shape index (κ2) is 6.11. The Hall–Kier alpha value is -1.11. The molecule has 6 heteroatoms. The number of phenolic OH excluding ortho intramolecular Hbond substituents is 1. The first-order valence-corrected chi connectivity index (χ1v) is 8.46. The van der Waals surface area contributed by atoms with Crippen LogP contribution in [-0.2, 0) is 10.0 Å². The predicted molar refractivity (Wildman–Crippen MR) is 78.2 cm³/mol. The minimum Gasteiger partial charge on any atom is -0.508 e. The van der Waals surface area contributed by atoms with Gasteiger partial charge in [-0.2, -0.15) is 4.31 Å². The van der Waals surface area contributed by atoms with E-state index in [0.717, 1.165) is 19.5 Å². The van der Waals surface area contributed by atoms with Crippen molar-refractivity contribution >= 4 is 10.0 Å². The van der Waals surface area contributed by atoms with Gasteiger partial charge in [0.2, 0.25) is 10.0 Å². The van der Waals surface area contributed by atoms with Crippen molar-refractivity contribution < 1.29 is 13.5 Å². The van der Waals surface area contributed by atoms with E-state index in [4.69, 9.17) is 0 Å². The van der Waals surface area contributed by atoms with Crippen molar-refractivity contribution in [2.45, 2.75) is 31.2 Å². The van der Waals surface area contributed by atoms with E-state index in [9.17, 15) is 13.5 Å². The second-order valence-corrected chi connectivity index (χ2v) is 6.96. The molecular formula is C14H22N2O3S. The maximum atomic E-state index is 12.5. The highest BCUT2D eigenvalue weighted by Gasteiger charge is 2.34. The molecule has 0 aromatic heterocycles. The molecule has 1 saturated heterocycles. The average Bonchev–Trinajstić information content (AvgIpc) is 2.91. The molecule has 112 valence electrons. The van der Waals surface area contributed by atoms with Crippen LogP contribution in [0.4, 0.5) is 0 Å². The number of sulfonamides is 1. The zero-order valence-electron chi connectivity index (χ0n) is 12.0. The first-order chi connectivity index (χ1) is 9.48. The summed E-state index contributed by atoms with van der Waals surface area (Å²) in [4.78, 5) is 2.54. The highest BCUT2D eigenvalue weighted by molar-refractivity contribution is 7.89. The van der Waals surface area contributed by atoms with Crippen LogP contribution >= 0.6 is 0 Å². The van der Waals surface area contributed by atoms with Crippen molar-refractivity contribution in [2.24, 2.45) is 0 Å². The van der Waals surface area contributed by atoms with Crippen molar-refractivity contribution in [3.63, 3.8) is 0 Å². The zero-order valence-corrected chi connectivity index (χ0v) is 12.8. The van der Waals surface area contributed by atoms with Crippen molar-refractivity contribution in [3.05, 3.63) is 24.3 Å². The Morgan fingerprint density at radius 1 is 1.25 bits per heavy atom. The molecule has 1 unspecified atom stereocenters. The highest BCUT2D eigenvalue weighted by atomic mass is 32.2. The quantitative estimate of drug-likeness (QED) is 0.895. The van der Waals surface area contributed by atoms with E-state index in [1.165, 1.54) is 24.3 Å². The van der Waals surface area contributed by atoms with E-state index in [1.54, 1.807) is 4.31 Å². The Labute approximate surface area is 120 Å². The number of aromatic hydroxyl groups is 1. The van der Waals surface area contributed by atoms with Crippen LogP contribution in [0.1, 0.15) is 20.3 Å². The summed E-state index contributed by atoms with van der Waals surface area (Å²) in [6, 6.07) is 6.03. The molecule has 1 aliphatic rings. The number of hydrogen-bond donors (Lipinski definition) is 1. The van der Waals surface area contributed by atoms with Gasteiger partial charge in [0.05, 0.1) is 4.90 Å². The molecule has 1 aromatic carbocycles. The fourth-order valence-electron chi connectivity index (χ4n) is 2.73. The number of rotatable bonds is 5. The molecule has 1 N–H and O–H groups in total. The summed E-state index contributed by atoms with van der Waals surface area (Å²) in [6.07, 6.45) is 0.874. The summed E-state index contributed by atoms with van der Waals surface area (Å²) in [5, 5.41) is 9.25. The van der Waals surface area contributed by atoms with Crippen LogP contribution in [0.3, 0.4) is 0 Å². The molecule has 0 saturated carbocycles. The lowest BCUT2D eigenvalue weighted by molar-refractivity contribution is 0.224. The Morgan fingerprint density at radius 2 is 1.85 bits per heavy atom. The molecule has 1 aromatic rings. The molecule has 0 spiro atoms. The van der Waals surface area contributed by atoms with Gasteiger partial charge in [0.25, 0.3) is 0 Å². The van der Waals surface area contributed by atoms with Gasteiger partial charge in [-0.3, -0.25) is 4.90 Å². The minimum atomic E-state index is -3.44. The summed E-state index contributed by atoms with van der Waals surface area (Å²) in [5.41, 5.74) is 0. The predicted octanol–water partition coefficient (Wildman–Crippen LogP) is 1.50. The summed E-state index contributed by atoms with van der Waals surface area (Å²) >= 11 is 0. The Kier molecular flexibility index (Phi) is 4.67. The monoisotopic (exact) mass is 298 g/mol. The van der Waals surface area contributed by atoms with Gasteiger partial charge in [-0.15, -0.1) is 0 Å². The normalized spacial score (nSPS) is 20.6. The van der Waals surface area contributed by atoms with Crippen LogP contribution in [0.25, 0.3) is 0 Å². The summed E-state index contributed by atoms with van der Waals surface area (Å²) < 4.78 is 26.6. The molecule has 1 heterocycles. The molecule has 1 aliphatic heterocycles. The third-order valence-corrected chi connectivity index (χ3v) is 5.81. The van der Waals surface area contributed by atoms with Gasteiger partial charge in [-0.05, 0) is 43.8 Å². The molecular weight excluding hydrogens is 276 g/mol. The fourth-order valence-corrected chi connectivity index (χ4v) is 4.23. The van der Waals surface area contributed by atoms with Crippen molar-refractivity contribution in [3.8, 4) is 5.75 Å². The van der Waals surface area contributed by atoms with E-state index < -0.39 is 10.0 Å². The van der Waals surface area contributed by atoms with Crippen molar-refractivity contribution in [2.75, 3.05) is 26.2 Å². The standard InChI is InChI=1S/C14H22N2O3S/c1-3-15(4-2)12-9-10-16(11-12)20(18,19)14-7-5-13(17)6-8-14/h5-8,12,17H,3-4,9-11H2,1-2H3. The zero-order chi connectivity index (χ0) is 14.8. The summed E-state index contributed by atoms with van der Waals surface area (Å²) in [7, 11) is -3.44. The second-order valence-electron chi connectivity index (χ2n) is 5.02. The Balaban J connectivity index is 2.14. The van der Waals surface area contributed by atoms with Gasteiger partial charge in [0, 0.05) is 19.1 Å². The third-order valence-electron chi connectivity index (χ3n) is 3.93. The largest absolute Gasteiger partial charge is 0.508 e. The molecule has 1 atom stereocenters. The number of likely N-dealkylation sites (N-methyl/N-ethyl adjacent to an activating group) is 1. The van der Waals surface area contributed by atoms with E-state index in [1.807, 2.05) is 0 Å². The van der Waals surface area contributed by atoms with E-state index in [0.29, 0.717) is 19.1 Å². The SMILES string of the molecule is CCN(CC)C1CCN(S(=O)(=O)c2ccc(O)cc2)C1. The lowest BCUT2D eigenvalue weighted by atomic mass is 10.2. The fraction of sp³-hybridized carbons (Fsp3) is 0.571.